The van der Waals surface area contributed by atoms with Crippen molar-refractivity contribution in [2.24, 2.45) is 0 Å². The standard InChI is InChI=1S/C16H15BrN4/c17-15-10-21-14(8-20-16(21)9-19-15)7-18-13-5-4-11-2-1-3-12(11)6-13/h4-6,8-10,18H,1-3,7H2. The number of aromatic nitrogens is 3. The summed E-state index contributed by atoms with van der Waals surface area (Å²) in [7, 11) is 0. The number of hydrogen-bond donors (Lipinski definition) is 1. The summed E-state index contributed by atoms with van der Waals surface area (Å²) in [6, 6.07) is 6.70. The zero-order valence-corrected chi connectivity index (χ0v) is 13.1. The van der Waals surface area contributed by atoms with E-state index in [2.05, 4.69) is 53.8 Å². The Morgan fingerprint density at radius 3 is 3.00 bits per heavy atom. The molecule has 1 aliphatic rings. The first-order chi connectivity index (χ1) is 10.3. The second-order valence-electron chi connectivity index (χ2n) is 5.38. The lowest BCUT2D eigenvalue weighted by molar-refractivity contribution is 0.911. The molecule has 0 spiro atoms. The smallest absolute Gasteiger partial charge is 0.155 e. The van der Waals surface area contributed by atoms with Gasteiger partial charge in [0.1, 0.15) is 4.60 Å². The predicted molar refractivity (Wildman–Crippen MR) is 86.5 cm³/mol. The van der Waals surface area contributed by atoms with Crippen molar-refractivity contribution in [1.82, 2.24) is 14.4 Å². The number of rotatable bonds is 3. The monoisotopic (exact) mass is 342 g/mol. The molecule has 0 unspecified atom stereocenters. The second kappa shape index (κ2) is 5.15. The maximum Gasteiger partial charge on any atom is 0.155 e. The van der Waals surface area contributed by atoms with Crippen molar-refractivity contribution in [3.8, 4) is 0 Å². The molecule has 5 heteroatoms. The van der Waals surface area contributed by atoms with Crippen LogP contribution in [0.4, 0.5) is 5.69 Å². The van der Waals surface area contributed by atoms with Gasteiger partial charge >= 0.3 is 0 Å². The SMILES string of the molecule is Brc1cn2c(CNc3ccc4c(c3)CCC4)cnc2cn1. The molecule has 4 rings (SSSR count). The molecular weight excluding hydrogens is 328 g/mol. The van der Waals surface area contributed by atoms with Crippen LogP contribution in [0.3, 0.4) is 0 Å². The lowest BCUT2D eigenvalue weighted by Crippen LogP contribution is -2.03. The number of nitrogens with zero attached hydrogens (tertiary/aromatic N) is 3. The number of nitrogens with one attached hydrogen (secondary N) is 1. The Balaban J connectivity index is 1.57. The molecule has 21 heavy (non-hydrogen) atoms. The van der Waals surface area contributed by atoms with Crippen molar-refractivity contribution in [3.05, 3.63) is 58.2 Å². The number of benzene rings is 1. The molecule has 0 radical (unpaired) electrons. The van der Waals surface area contributed by atoms with E-state index in [9.17, 15) is 0 Å². The van der Waals surface area contributed by atoms with Crippen molar-refractivity contribution in [2.75, 3.05) is 5.32 Å². The quantitative estimate of drug-likeness (QED) is 0.790. The van der Waals surface area contributed by atoms with Crippen molar-refractivity contribution >= 4 is 27.3 Å². The van der Waals surface area contributed by atoms with E-state index in [0.29, 0.717) is 0 Å². The summed E-state index contributed by atoms with van der Waals surface area (Å²) in [5.41, 5.74) is 6.16. The van der Waals surface area contributed by atoms with E-state index in [1.165, 1.54) is 36.1 Å². The van der Waals surface area contributed by atoms with Crippen LogP contribution in [0, 0.1) is 0 Å². The van der Waals surface area contributed by atoms with E-state index in [1.807, 2.05) is 12.4 Å². The van der Waals surface area contributed by atoms with E-state index < -0.39 is 0 Å². The minimum absolute atomic E-state index is 0.746. The minimum Gasteiger partial charge on any atom is -0.379 e. The molecule has 1 N–H and O–H groups in total. The van der Waals surface area contributed by atoms with Crippen molar-refractivity contribution < 1.29 is 0 Å². The molecule has 0 bridgehead atoms. The average Bonchev–Trinajstić information content (AvgIpc) is 3.10. The van der Waals surface area contributed by atoms with Crippen molar-refractivity contribution in [2.45, 2.75) is 25.8 Å². The maximum atomic E-state index is 4.37. The number of hydrogen-bond acceptors (Lipinski definition) is 3. The summed E-state index contributed by atoms with van der Waals surface area (Å²) < 4.78 is 2.86. The van der Waals surface area contributed by atoms with Gasteiger partial charge in [-0.05, 0) is 58.5 Å². The van der Waals surface area contributed by atoms with E-state index >= 15 is 0 Å². The summed E-state index contributed by atoms with van der Waals surface area (Å²) in [4.78, 5) is 8.56. The molecule has 1 aliphatic carbocycles. The lowest BCUT2D eigenvalue weighted by Gasteiger charge is -2.08. The Morgan fingerprint density at radius 1 is 1.14 bits per heavy atom. The van der Waals surface area contributed by atoms with Gasteiger partial charge < -0.3 is 5.32 Å². The molecule has 3 aromatic rings. The van der Waals surface area contributed by atoms with E-state index in [-0.39, 0.29) is 0 Å². The first kappa shape index (κ1) is 12.8. The largest absolute Gasteiger partial charge is 0.379 e. The van der Waals surface area contributed by atoms with Crippen LogP contribution in [-0.2, 0) is 19.4 Å². The van der Waals surface area contributed by atoms with Crippen LogP contribution in [0.25, 0.3) is 5.65 Å². The maximum absolute atomic E-state index is 4.37. The molecule has 0 aliphatic heterocycles. The number of aryl methyl sites for hydroxylation is 2. The van der Waals surface area contributed by atoms with Gasteiger partial charge in [-0.2, -0.15) is 0 Å². The molecule has 106 valence electrons. The summed E-state index contributed by atoms with van der Waals surface area (Å²) >= 11 is 3.40. The molecule has 0 atom stereocenters. The Morgan fingerprint density at radius 2 is 2.05 bits per heavy atom. The van der Waals surface area contributed by atoms with Gasteiger partial charge in [0.15, 0.2) is 5.65 Å². The summed E-state index contributed by atoms with van der Waals surface area (Å²) in [6.45, 7) is 0.746. The van der Waals surface area contributed by atoms with Crippen LogP contribution in [0.2, 0.25) is 0 Å². The molecule has 0 saturated heterocycles. The third-order valence-corrected chi connectivity index (χ3v) is 4.42. The van der Waals surface area contributed by atoms with Crippen LogP contribution in [0.1, 0.15) is 23.2 Å². The zero-order valence-electron chi connectivity index (χ0n) is 11.5. The molecule has 0 saturated carbocycles. The second-order valence-corrected chi connectivity index (χ2v) is 6.19. The number of halogens is 1. The van der Waals surface area contributed by atoms with E-state index in [4.69, 9.17) is 0 Å². The van der Waals surface area contributed by atoms with Crippen LogP contribution in [-0.4, -0.2) is 14.4 Å². The van der Waals surface area contributed by atoms with Gasteiger partial charge in [-0.3, -0.25) is 4.40 Å². The summed E-state index contributed by atoms with van der Waals surface area (Å²) in [5.74, 6) is 0. The fourth-order valence-electron chi connectivity index (χ4n) is 2.92. The Labute approximate surface area is 131 Å². The van der Waals surface area contributed by atoms with E-state index in [0.717, 1.165) is 22.5 Å². The number of anilines is 1. The van der Waals surface area contributed by atoms with Crippen LogP contribution in [0.5, 0.6) is 0 Å². The summed E-state index contributed by atoms with van der Waals surface area (Å²) in [5, 5.41) is 3.49. The number of imidazole rings is 1. The van der Waals surface area contributed by atoms with Gasteiger partial charge in [0.25, 0.3) is 0 Å². The first-order valence-corrected chi connectivity index (χ1v) is 7.92. The lowest BCUT2D eigenvalue weighted by atomic mass is 10.1. The van der Waals surface area contributed by atoms with Crippen LogP contribution < -0.4 is 5.32 Å². The molecular formula is C16H15BrN4. The highest BCUT2D eigenvalue weighted by Gasteiger charge is 2.11. The highest BCUT2D eigenvalue weighted by molar-refractivity contribution is 9.10. The van der Waals surface area contributed by atoms with E-state index in [1.54, 1.807) is 6.20 Å². The zero-order chi connectivity index (χ0) is 14.2. The third kappa shape index (κ3) is 2.42. The van der Waals surface area contributed by atoms with Gasteiger partial charge in [0, 0.05) is 11.9 Å². The minimum atomic E-state index is 0.746. The topological polar surface area (TPSA) is 42.2 Å². The highest BCUT2D eigenvalue weighted by atomic mass is 79.9. The number of fused-ring (bicyclic) bond motifs is 2. The van der Waals surface area contributed by atoms with Crippen LogP contribution >= 0.6 is 15.9 Å². The average molecular weight is 343 g/mol. The first-order valence-electron chi connectivity index (χ1n) is 7.13. The highest BCUT2D eigenvalue weighted by Crippen LogP contribution is 2.25. The molecule has 1 aromatic carbocycles. The molecule has 0 fully saturated rings. The predicted octanol–water partition coefficient (Wildman–Crippen LogP) is 3.59. The normalized spacial score (nSPS) is 13.6. The fraction of sp³-hybridized carbons (Fsp3) is 0.250. The van der Waals surface area contributed by atoms with Gasteiger partial charge in [-0.25, -0.2) is 9.97 Å². The van der Waals surface area contributed by atoms with Gasteiger partial charge in [-0.15, -0.1) is 0 Å². The Bertz CT molecular complexity index is 809. The summed E-state index contributed by atoms with van der Waals surface area (Å²) in [6.07, 6.45) is 9.32. The molecule has 4 nitrogen and oxygen atoms in total. The fourth-order valence-corrected chi connectivity index (χ4v) is 3.23. The van der Waals surface area contributed by atoms with Crippen LogP contribution in [0.15, 0.2) is 41.4 Å². The van der Waals surface area contributed by atoms with Gasteiger partial charge in [0.2, 0.25) is 0 Å². The van der Waals surface area contributed by atoms with Crippen molar-refractivity contribution in [1.29, 1.82) is 0 Å². The molecule has 0 amide bonds. The van der Waals surface area contributed by atoms with Crippen molar-refractivity contribution in [3.63, 3.8) is 0 Å². The van der Waals surface area contributed by atoms with Gasteiger partial charge in [-0.1, -0.05) is 6.07 Å². The molecule has 2 aromatic heterocycles. The third-order valence-electron chi connectivity index (χ3n) is 4.01. The Hall–Kier alpha value is -1.88. The Kier molecular flexibility index (Phi) is 3.15. The van der Waals surface area contributed by atoms with Gasteiger partial charge in [0.05, 0.1) is 24.6 Å². The molecule has 2 heterocycles.